The monoisotopic (exact) mass is 356 g/mol. The van der Waals surface area contributed by atoms with Crippen molar-refractivity contribution in [3.8, 4) is 0 Å². The van der Waals surface area contributed by atoms with E-state index in [-0.39, 0.29) is 17.3 Å². The second-order valence-corrected chi connectivity index (χ2v) is 5.80. The highest BCUT2D eigenvalue weighted by atomic mass is 35.5. The topological polar surface area (TPSA) is 41.1 Å². The average Bonchev–Trinajstić information content (AvgIpc) is 2.49. The third-order valence-corrected chi connectivity index (χ3v) is 3.86. The number of nitrogens with one attached hydrogen (secondary N) is 2. The molecule has 3 nitrogen and oxygen atoms in total. The van der Waals surface area contributed by atoms with E-state index in [9.17, 15) is 18.0 Å². The molecule has 128 valence electrons. The quantitative estimate of drug-likeness (QED) is 0.807. The number of hydrogen-bond donors (Lipinski definition) is 2. The predicted molar refractivity (Wildman–Crippen MR) is 89.5 cm³/mol. The molecule has 24 heavy (non-hydrogen) atoms. The summed E-state index contributed by atoms with van der Waals surface area (Å²) in [7, 11) is 0. The number of benzene rings is 2. The van der Waals surface area contributed by atoms with E-state index in [1.807, 2.05) is 32.0 Å². The van der Waals surface area contributed by atoms with Crippen molar-refractivity contribution >= 4 is 28.9 Å². The first kappa shape index (κ1) is 18.1. The first-order chi connectivity index (χ1) is 11.2. The molecular weight excluding hydrogens is 341 g/mol. The van der Waals surface area contributed by atoms with Crippen LogP contribution < -0.4 is 10.6 Å². The van der Waals surface area contributed by atoms with Gasteiger partial charge in [0.2, 0.25) is 5.91 Å². The van der Waals surface area contributed by atoms with Gasteiger partial charge in [0, 0.05) is 5.69 Å². The molecule has 1 amide bonds. The van der Waals surface area contributed by atoms with Gasteiger partial charge < -0.3 is 10.6 Å². The number of anilines is 2. The van der Waals surface area contributed by atoms with Crippen LogP contribution in [0.3, 0.4) is 0 Å². The van der Waals surface area contributed by atoms with Gasteiger partial charge in [0.25, 0.3) is 0 Å². The fourth-order valence-corrected chi connectivity index (χ4v) is 2.19. The van der Waals surface area contributed by atoms with Gasteiger partial charge in [0.05, 0.1) is 22.8 Å². The lowest BCUT2D eigenvalue weighted by Crippen LogP contribution is -2.22. The van der Waals surface area contributed by atoms with Gasteiger partial charge >= 0.3 is 6.18 Å². The highest BCUT2D eigenvalue weighted by Gasteiger charge is 2.31. The molecular formula is C17H16ClF3N2O. The number of carbonyl (C=O) groups is 1. The first-order valence-electron chi connectivity index (χ1n) is 7.14. The maximum absolute atomic E-state index is 12.7. The molecule has 0 heterocycles. The van der Waals surface area contributed by atoms with Crippen LogP contribution in [0.15, 0.2) is 36.4 Å². The summed E-state index contributed by atoms with van der Waals surface area (Å²) in [5.41, 5.74) is 2.01. The SMILES string of the molecule is Cc1ccc(NCC(=O)Nc2cc(C(F)(F)F)ccc2Cl)cc1C. The molecule has 2 N–H and O–H groups in total. The standard InChI is InChI=1S/C17H16ClF3N2O/c1-10-3-5-13(7-11(10)2)22-9-16(24)23-15-8-12(17(19,20)21)4-6-14(15)18/h3-8,22H,9H2,1-2H3,(H,23,24). The molecule has 0 aromatic heterocycles. The third-order valence-electron chi connectivity index (χ3n) is 3.53. The van der Waals surface area contributed by atoms with Crippen LogP contribution in [0.25, 0.3) is 0 Å². The molecule has 0 fully saturated rings. The number of alkyl halides is 3. The summed E-state index contributed by atoms with van der Waals surface area (Å²) in [6, 6.07) is 8.42. The molecule has 0 spiro atoms. The smallest absolute Gasteiger partial charge is 0.376 e. The Bertz CT molecular complexity index is 760. The molecule has 2 aromatic carbocycles. The van der Waals surface area contributed by atoms with Crippen LogP contribution in [-0.2, 0) is 11.0 Å². The maximum Gasteiger partial charge on any atom is 0.416 e. The number of rotatable bonds is 4. The average molecular weight is 357 g/mol. The van der Waals surface area contributed by atoms with E-state index in [1.54, 1.807) is 0 Å². The molecule has 0 saturated heterocycles. The van der Waals surface area contributed by atoms with E-state index in [2.05, 4.69) is 10.6 Å². The van der Waals surface area contributed by atoms with Crippen molar-refractivity contribution in [2.75, 3.05) is 17.2 Å². The molecule has 0 unspecified atom stereocenters. The van der Waals surface area contributed by atoms with E-state index in [1.165, 1.54) is 0 Å². The predicted octanol–water partition coefficient (Wildman–Crippen LogP) is 5.03. The Labute approximate surface area is 142 Å². The van der Waals surface area contributed by atoms with Crippen LogP contribution in [0.2, 0.25) is 5.02 Å². The van der Waals surface area contributed by atoms with Gasteiger partial charge in [-0.2, -0.15) is 13.2 Å². The van der Waals surface area contributed by atoms with Crippen molar-refractivity contribution in [1.82, 2.24) is 0 Å². The largest absolute Gasteiger partial charge is 0.416 e. The minimum Gasteiger partial charge on any atom is -0.376 e. The Kier molecular flexibility index (Phi) is 5.39. The van der Waals surface area contributed by atoms with Gasteiger partial charge in [-0.1, -0.05) is 17.7 Å². The van der Waals surface area contributed by atoms with E-state index in [0.717, 1.165) is 35.0 Å². The lowest BCUT2D eigenvalue weighted by molar-refractivity contribution is -0.137. The minimum absolute atomic E-state index is 0.0440. The Morgan fingerprint density at radius 1 is 1.08 bits per heavy atom. The zero-order valence-electron chi connectivity index (χ0n) is 13.1. The van der Waals surface area contributed by atoms with Gasteiger partial charge in [-0.25, -0.2) is 0 Å². The number of aryl methyl sites for hydroxylation is 2. The first-order valence-corrected chi connectivity index (χ1v) is 7.52. The number of amides is 1. The summed E-state index contributed by atoms with van der Waals surface area (Å²) >= 11 is 5.84. The Balaban J connectivity index is 2.03. The molecule has 0 aliphatic rings. The van der Waals surface area contributed by atoms with Gasteiger partial charge in [-0.15, -0.1) is 0 Å². The molecule has 2 rings (SSSR count). The summed E-state index contributed by atoms with van der Waals surface area (Å²) in [5.74, 6) is -0.491. The second kappa shape index (κ2) is 7.13. The Morgan fingerprint density at radius 3 is 2.42 bits per heavy atom. The fourth-order valence-electron chi connectivity index (χ4n) is 2.03. The fraction of sp³-hybridized carbons (Fsp3) is 0.235. The zero-order chi connectivity index (χ0) is 17.9. The molecule has 0 radical (unpaired) electrons. The summed E-state index contributed by atoms with van der Waals surface area (Å²) < 4.78 is 38.1. The molecule has 2 aromatic rings. The summed E-state index contributed by atoms with van der Waals surface area (Å²) in [6.45, 7) is 3.83. The molecule has 0 aliphatic carbocycles. The van der Waals surface area contributed by atoms with E-state index in [4.69, 9.17) is 11.6 Å². The maximum atomic E-state index is 12.7. The summed E-state index contributed by atoms with van der Waals surface area (Å²) in [6.07, 6.45) is -4.50. The molecule has 0 saturated carbocycles. The molecule has 7 heteroatoms. The highest BCUT2D eigenvalue weighted by Crippen LogP contribution is 2.33. The zero-order valence-corrected chi connectivity index (χ0v) is 13.8. The number of halogens is 4. The van der Waals surface area contributed by atoms with Crippen LogP contribution in [0.5, 0.6) is 0 Å². The molecule has 0 bridgehead atoms. The van der Waals surface area contributed by atoms with E-state index in [0.29, 0.717) is 0 Å². The van der Waals surface area contributed by atoms with Crippen molar-refractivity contribution in [1.29, 1.82) is 0 Å². The Morgan fingerprint density at radius 2 is 1.79 bits per heavy atom. The molecule has 0 atom stereocenters. The lowest BCUT2D eigenvalue weighted by atomic mass is 10.1. The van der Waals surface area contributed by atoms with Crippen LogP contribution in [0.1, 0.15) is 16.7 Å². The summed E-state index contributed by atoms with van der Waals surface area (Å²) in [5, 5.41) is 5.35. The van der Waals surface area contributed by atoms with Gasteiger partial charge in [0.15, 0.2) is 0 Å². The van der Waals surface area contributed by atoms with Gasteiger partial charge in [0.1, 0.15) is 0 Å². The van der Waals surface area contributed by atoms with Crippen molar-refractivity contribution in [2.45, 2.75) is 20.0 Å². The summed E-state index contributed by atoms with van der Waals surface area (Å²) in [4.78, 5) is 11.9. The van der Waals surface area contributed by atoms with Crippen LogP contribution in [0.4, 0.5) is 24.5 Å². The minimum atomic E-state index is -4.50. The number of hydrogen-bond acceptors (Lipinski definition) is 2. The normalized spacial score (nSPS) is 11.2. The second-order valence-electron chi connectivity index (χ2n) is 5.39. The van der Waals surface area contributed by atoms with Crippen LogP contribution in [0, 0.1) is 13.8 Å². The van der Waals surface area contributed by atoms with Gasteiger partial charge in [-0.3, -0.25) is 4.79 Å². The van der Waals surface area contributed by atoms with Crippen LogP contribution in [-0.4, -0.2) is 12.5 Å². The lowest BCUT2D eigenvalue weighted by Gasteiger charge is -2.12. The highest BCUT2D eigenvalue weighted by molar-refractivity contribution is 6.33. The van der Waals surface area contributed by atoms with Crippen molar-refractivity contribution < 1.29 is 18.0 Å². The van der Waals surface area contributed by atoms with Crippen LogP contribution >= 0.6 is 11.6 Å². The van der Waals surface area contributed by atoms with Gasteiger partial charge in [-0.05, 0) is 55.3 Å². The van der Waals surface area contributed by atoms with Crippen molar-refractivity contribution in [3.05, 3.63) is 58.1 Å². The van der Waals surface area contributed by atoms with Crippen molar-refractivity contribution in [3.63, 3.8) is 0 Å². The third kappa shape index (κ3) is 4.64. The van der Waals surface area contributed by atoms with E-state index < -0.39 is 17.6 Å². The van der Waals surface area contributed by atoms with E-state index >= 15 is 0 Å². The molecule has 0 aliphatic heterocycles. The van der Waals surface area contributed by atoms with Crippen molar-refractivity contribution in [2.24, 2.45) is 0 Å². The Hall–Kier alpha value is -2.21. The number of carbonyl (C=O) groups excluding carboxylic acids is 1.